The van der Waals surface area contributed by atoms with Gasteiger partial charge in [0.2, 0.25) is 0 Å². The SMILES string of the molecule is C1CCN(CCN2CCCC(CNC3CC3)C2)CC1. The van der Waals surface area contributed by atoms with Crippen LogP contribution < -0.4 is 5.32 Å². The maximum Gasteiger partial charge on any atom is 0.0109 e. The number of hydrogen-bond acceptors (Lipinski definition) is 3. The molecule has 3 aliphatic rings. The van der Waals surface area contributed by atoms with Gasteiger partial charge in [0.15, 0.2) is 0 Å². The lowest BCUT2D eigenvalue weighted by atomic mass is 9.98. The van der Waals surface area contributed by atoms with Crippen LogP contribution in [-0.4, -0.2) is 61.7 Å². The normalized spacial score (nSPS) is 30.6. The van der Waals surface area contributed by atoms with Gasteiger partial charge in [0.05, 0.1) is 0 Å². The smallest absolute Gasteiger partial charge is 0.0109 e. The molecule has 0 bridgehead atoms. The minimum Gasteiger partial charge on any atom is -0.314 e. The topological polar surface area (TPSA) is 18.5 Å². The molecule has 0 aromatic rings. The van der Waals surface area contributed by atoms with Crippen LogP contribution in [-0.2, 0) is 0 Å². The lowest BCUT2D eigenvalue weighted by Gasteiger charge is -2.35. The summed E-state index contributed by atoms with van der Waals surface area (Å²) in [5.74, 6) is 0.913. The van der Waals surface area contributed by atoms with Crippen molar-refractivity contribution >= 4 is 0 Å². The maximum absolute atomic E-state index is 3.72. The van der Waals surface area contributed by atoms with E-state index < -0.39 is 0 Å². The van der Waals surface area contributed by atoms with Crippen LogP contribution in [0.4, 0.5) is 0 Å². The Bertz CT molecular complexity index is 259. The van der Waals surface area contributed by atoms with E-state index >= 15 is 0 Å². The average molecular weight is 265 g/mol. The molecule has 2 saturated heterocycles. The molecule has 1 unspecified atom stereocenters. The minimum atomic E-state index is 0.878. The number of likely N-dealkylation sites (tertiary alicyclic amines) is 2. The summed E-state index contributed by atoms with van der Waals surface area (Å²) < 4.78 is 0. The van der Waals surface area contributed by atoms with E-state index in [-0.39, 0.29) is 0 Å². The van der Waals surface area contributed by atoms with Crippen molar-refractivity contribution in [3.63, 3.8) is 0 Å². The number of nitrogens with zero attached hydrogens (tertiary/aromatic N) is 2. The molecule has 3 fully saturated rings. The fraction of sp³-hybridized carbons (Fsp3) is 1.00. The highest BCUT2D eigenvalue weighted by Gasteiger charge is 2.24. The van der Waals surface area contributed by atoms with Gasteiger partial charge in [0.1, 0.15) is 0 Å². The van der Waals surface area contributed by atoms with Gasteiger partial charge in [0.25, 0.3) is 0 Å². The lowest BCUT2D eigenvalue weighted by Crippen LogP contribution is -2.44. The van der Waals surface area contributed by atoms with Crippen LogP contribution in [0.1, 0.15) is 44.9 Å². The zero-order chi connectivity index (χ0) is 12.9. The van der Waals surface area contributed by atoms with Gasteiger partial charge in [-0.05, 0) is 70.6 Å². The zero-order valence-electron chi connectivity index (χ0n) is 12.4. The van der Waals surface area contributed by atoms with Gasteiger partial charge in [-0.25, -0.2) is 0 Å². The van der Waals surface area contributed by atoms with Crippen molar-refractivity contribution in [3.8, 4) is 0 Å². The zero-order valence-corrected chi connectivity index (χ0v) is 12.4. The van der Waals surface area contributed by atoms with Gasteiger partial charge in [-0.2, -0.15) is 0 Å². The van der Waals surface area contributed by atoms with Crippen molar-refractivity contribution in [3.05, 3.63) is 0 Å². The summed E-state index contributed by atoms with van der Waals surface area (Å²) >= 11 is 0. The van der Waals surface area contributed by atoms with Crippen molar-refractivity contribution in [1.82, 2.24) is 15.1 Å². The lowest BCUT2D eigenvalue weighted by molar-refractivity contribution is 0.138. The molecule has 0 radical (unpaired) electrons. The molecule has 1 N–H and O–H groups in total. The monoisotopic (exact) mass is 265 g/mol. The van der Waals surface area contributed by atoms with Crippen LogP contribution in [0.3, 0.4) is 0 Å². The molecule has 0 aromatic heterocycles. The van der Waals surface area contributed by atoms with Gasteiger partial charge < -0.3 is 15.1 Å². The van der Waals surface area contributed by atoms with E-state index in [0.29, 0.717) is 0 Å². The Balaban J connectivity index is 1.32. The van der Waals surface area contributed by atoms with Crippen LogP contribution in [0.15, 0.2) is 0 Å². The van der Waals surface area contributed by atoms with Crippen LogP contribution >= 0.6 is 0 Å². The number of nitrogens with one attached hydrogen (secondary N) is 1. The summed E-state index contributed by atoms with van der Waals surface area (Å²) in [6.07, 6.45) is 10.0. The van der Waals surface area contributed by atoms with E-state index in [2.05, 4.69) is 15.1 Å². The number of rotatable bonds is 6. The number of hydrogen-bond donors (Lipinski definition) is 1. The molecule has 1 saturated carbocycles. The summed E-state index contributed by atoms with van der Waals surface area (Å²) in [6.45, 7) is 9.26. The molecule has 3 nitrogen and oxygen atoms in total. The Kier molecular flexibility index (Phi) is 5.14. The molecular formula is C16H31N3. The van der Waals surface area contributed by atoms with Crippen molar-refractivity contribution in [2.24, 2.45) is 5.92 Å². The molecule has 2 heterocycles. The Labute approximate surface area is 118 Å². The van der Waals surface area contributed by atoms with Gasteiger partial charge in [-0.3, -0.25) is 0 Å². The molecule has 0 amide bonds. The molecule has 0 spiro atoms. The molecule has 1 aliphatic carbocycles. The summed E-state index contributed by atoms with van der Waals surface area (Å²) in [6, 6.07) is 0.878. The van der Waals surface area contributed by atoms with Gasteiger partial charge in [0, 0.05) is 25.7 Å². The molecule has 3 rings (SSSR count). The second kappa shape index (κ2) is 7.05. The third kappa shape index (κ3) is 4.73. The fourth-order valence-electron chi connectivity index (χ4n) is 3.61. The summed E-state index contributed by atoms with van der Waals surface area (Å²) in [4.78, 5) is 5.40. The molecule has 110 valence electrons. The third-order valence-electron chi connectivity index (χ3n) is 5.06. The fourth-order valence-corrected chi connectivity index (χ4v) is 3.61. The largest absolute Gasteiger partial charge is 0.314 e. The van der Waals surface area contributed by atoms with E-state index in [0.717, 1.165) is 12.0 Å². The molecular weight excluding hydrogens is 234 g/mol. The Morgan fingerprint density at radius 2 is 1.53 bits per heavy atom. The predicted molar refractivity (Wildman–Crippen MR) is 80.5 cm³/mol. The average Bonchev–Trinajstić information content (AvgIpc) is 3.29. The first-order valence-electron chi connectivity index (χ1n) is 8.58. The first-order chi connectivity index (χ1) is 9.40. The minimum absolute atomic E-state index is 0.878. The van der Waals surface area contributed by atoms with Crippen LogP contribution in [0, 0.1) is 5.92 Å². The first kappa shape index (κ1) is 13.8. The third-order valence-corrected chi connectivity index (χ3v) is 5.06. The van der Waals surface area contributed by atoms with Gasteiger partial charge in [-0.1, -0.05) is 6.42 Å². The molecule has 19 heavy (non-hydrogen) atoms. The van der Waals surface area contributed by atoms with Crippen LogP contribution in [0.5, 0.6) is 0 Å². The highest BCUT2D eigenvalue weighted by molar-refractivity contribution is 4.83. The highest BCUT2D eigenvalue weighted by Crippen LogP contribution is 2.21. The quantitative estimate of drug-likeness (QED) is 0.792. The van der Waals surface area contributed by atoms with Gasteiger partial charge >= 0.3 is 0 Å². The Hall–Kier alpha value is -0.120. The van der Waals surface area contributed by atoms with Crippen molar-refractivity contribution in [2.45, 2.75) is 51.0 Å². The van der Waals surface area contributed by atoms with E-state index in [9.17, 15) is 0 Å². The Morgan fingerprint density at radius 1 is 0.789 bits per heavy atom. The highest BCUT2D eigenvalue weighted by atomic mass is 15.2. The maximum atomic E-state index is 3.72. The van der Waals surface area contributed by atoms with E-state index in [1.54, 1.807) is 0 Å². The molecule has 2 aliphatic heterocycles. The number of piperidine rings is 2. The van der Waals surface area contributed by atoms with Crippen LogP contribution in [0.25, 0.3) is 0 Å². The molecule has 1 atom stereocenters. The second-order valence-electron chi connectivity index (χ2n) is 6.89. The van der Waals surface area contributed by atoms with Gasteiger partial charge in [-0.15, -0.1) is 0 Å². The summed E-state index contributed by atoms with van der Waals surface area (Å²) in [5, 5.41) is 3.72. The predicted octanol–water partition coefficient (Wildman–Crippen LogP) is 1.94. The molecule has 0 aromatic carbocycles. The Morgan fingerprint density at radius 3 is 2.32 bits per heavy atom. The van der Waals surface area contributed by atoms with E-state index in [4.69, 9.17) is 0 Å². The first-order valence-corrected chi connectivity index (χ1v) is 8.58. The second-order valence-corrected chi connectivity index (χ2v) is 6.89. The summed E-state index contributed by atoms with van der Waals surface area (Å²) in [5.41, 5.74) is 0. The summed E-state index contributed by atoms with van der Waals surface area (Å²) in [7, 11) is 0. The van der Waals surface area contributed by atoms with Crippen LogP contribution in [0.2, 0.25) is 0 Å². The van der Waals surface area contributed by atoms with E-state index in [1.165, 1.54) is 90.8 Å². The molecule has 3 heteroatoms. The standard InChI is InChI=1S/C16H31N3/c1-2-8-18(9-3-1)11-12-19-10-4-5-15(14-19)13-17-16-6-7-16/h15-17H,1-14H2. The van der Waals surface area contributed by atoms with Crippen molar-refractivity contribution in [2.75, 3.05) is 45.8 Å². The van der Waals surface area contributed by atoms with Crippen molar-refractivity contribution in [1.29, 1.82) is 0 Å². The van der Waals surface area contributed by atoms with Crippen molar-refractivity contribution < 1.29 is 0 Å². The van der Waals surface area contributed by atoms with E-state index in [1.807, 2.05) is 0 Å².